The third-order valence-electron chi connectivity index (χ3n) is 4.03. The maximum absolute atomic E-state index is 12.7. The lowest BCUT2D eigenvalue weighted by atomic mass is 9.83. The highest BCUT2D eigenvalue weighted by atomic mass is 16.6. The maximum atomic E-state index is 12.7. The first-order chi connectivity index (χ1) is 11.9. The van der Waals surface area contributed by atoms with E-state index >= 15 is 0 Å². The Morgan fingerprint density at radius 3 is 2.68 bits per heavy atom. The monoisotopic (exact) mass is 344 g/mol. The van der Waals surface area contributed by atoms with Gasteiger partial charge in [0.05, 0.1) is 5.41 Å². The number of anilines is 1. The van der Waals surface area contributed by atoms with Gasteiger partial charge in [-0.25, -0.2) is 0 Å². The third-order valence-corrected chi connectivity index (χ3v) is 4.03. The van der Waals surface area contributed by atoms with Crippen molar-refractivity contribution in [1.82, 2.24) is 9.78 Å². The van der Waals surface area contributed by atoms with Crippen LogP contribution in [0.2, 0.25) is 0 Å². The van der Waals surface area contributed by atoms with Gasteiger partial charge in [-0.05, 0) is 31.5 Å². The topological polar surface area (TPSA) is 108 Å². The Morgan fingerprint density at radius 1 is 1.24 bits per heavy atom. The first-order valence-corrected chi connectivity index (χ1v) is 7.89. The molecule has 0 saturated heterocycles. The second-order valence-electron chi connectivity index (χ2n) is 6.30. The molecule has 2 heterocycles. The summed E-state index contributed by atoms with van der Waals surface area (Å²) < 4.78 is 12.5. The van der Waals surface area contributed by atoms with Crippen molar-refractivity contribution in [3.8, 4) is 11.5 Å². The molecule has 0 radical (unpaired) electrons. The summed E-state index contributed by atoms with van der Waals surface area (Å²) in [6, 6.07) is 7.08. The van der Waals surface area contributed by atoms with E-state index in [1.165, 1.54) is 4.68 Å². The smallest absolute Gasteiger partial charge is 0.239 e. The SMILES string of the molecule is CC(C)(C(=O)Nc1ccn(CC(N)=O)n1)c1ccc2c(c1)OCCO2. The minimum Gasteiger partial charge on any atom is -0.486 e. The van der Waals surface area contributed by atoms with Crippen molar-refractivity contribution < 1.29 is 19.1 Å². The fourth-order valence-corrected chi connectivity index (χ4v) is 2.51. The molecule has 0 saturated carbocycles. The number of primary amides is 1. The normalized spacial score (nSPS) is 13.4. The van der Waals surface area contributed by atoms with E-state index in [1.807, 2.05) is 26.0 Å². The molecule has 0 fully saturated rings. The van der Waals surface area contributed by atoms with Gasteiger partial charge in [0.25, 0.3) is 0 Å². The van der Waals surface area contributed by atoms with Crippen LogP contribution in [0.1, 0.15) is 19.4 Å². The molecule has 0 atom stereocenters. The van der Waals surface area contributed by atoms with Crippen LogP contribution >= 0.6 is 0 Å². The Bertz CT molecular complexity index is 813. The van der Waals surface area contributed by atoms with Crippen molar-refractivity contribution in [3.63, 3.8) is 0 Å². The summed E-state index contributed by atoms with van der Waals surface area (Å²) in [5.74, 6) is 0.940. The third kappa shape index (κ3) is 3.57. The number of aromatic nitrogens is 2. The van der Waals surface area contributed by atoms with E-state index in [0.29, 0.717) is 30.5 Å². The number of ether oxygens (including phenoxy) is 2. The van der Waals surface area contributed by atoms with Gasteiger partial charge >= 0.3 is 0 Å². The minimum absolute atomic E-state index is 0.0403. The number of nitrogens with one attached hydrogen (secondary N) is 1. The summed E-state index contributed by atoms with van der Waals surface area (Å²) in [5.41, 5.74) is 5.11. The number of nitrogens with zero attached hydrogens (tertiary/aromatic N) is 2. The van der Waals surface area contributed by atoms with Gasteiger partial charge in [0.15, 0.2) is 17.3 Å². The van der Waals surface area contributed by atoms with E-state index in [0.717, 1.165) is 5.56 Å². The molecule has 3 N–H and O–H groups in total. The van der Waals surface area contributed by atoms with Crippen LogP contribution in [0.15, 0.2) is 30.5 Å². The number of carbonyl (C=O) groups is 2. The number of rotatable bonds is 5. The highest BCUT2D eigenvalue weighted by Crippen LogP contribution is 2.35. The van der Waals surface area contributed by atoms with Gasteiger partial charge < -0.3 is 20.5 Å². The summed E-state index contributed by atoms with van der Waals surface area (Å²) >= 11 is 0. The van der Waals surface area contributed by atoms with Gasteiger partial charge in [0, 0.05) is 12.3 Å². The Balaban J connectivity index is 1.76. The second-order valence-corrected chi connectivity index (χ2v) is 6.30. The molecule has 2 aromatic rings. The number of nitrogens with two attached hydrogens (primary N) is 1. The Hall–Kier alpha value is -3.03. The average molecular weight is 344 g/mol. The Kier molecular flexibility index (Phi) is 4.35. The van der Waals surface area contributed by atoms with Crippen LogP contribution in [0.3, 0.4) is 0 Å². The van der Waals surface area contributed by atoms with Crippen LogP contribution in [-0.4, -0.2) is 34.8 Å². The maximum Gasteiger partial charge on any atom is 0.239 e. The highest BCUT2D eigenvalue weighted by molar-refractivity contribution is 5.98. The van der Waals surface area contributed by atoms with Gasteiger partial charge in [-0.15, -0.1) is 0 Å². The number of hydrogen-bond acceptors (Lipinski definition) is 5. The summed E-state index contributed by atoms with van der Waals surface area (Å²) in [6.45, 7) is 4.59. The van der Waals surface area contributed by atoms with Crippen molar-refractivity contribution in [3.05, 3.63) is 36.0 Å². The predicted octanol–water partition coefficient (Wildman–Crippen LogP) is 1.06. The summed E-state index contributed by atoms with van der Waals surface area (Å²) in [4.78, 5) is 23.6. The first-order valence-electron chi connectivity index (χ1n) is 7.89. The molecule has 0 spiro atoms. The van der Waals surface area contributed by atoms with Crippen LogP contribution in [0.25, 0.3) is 0 Å². The molecule has 0 unspecified atom stereocenters. The quantitative estimate of drug-likeness (QED) is 0.843. The van der Waals surface area contributed by atoms with Crippen molar-refractivity contribution in [2.75, 3.05) is 18.5 Å². The van der Waals surface area contributed by atoms with Crippen LogP contribution in [0.4, 0.5) is 5.82 Å². The van der Waals surface area contributed by atoms with Gasteiger partial charge in [-0.2, -0.15) is 5.10 Å². The number of amides is 2. The van der Waals surface area contributed by atoms with Crippen molar-refractivity contribution >= 4 is 17.6 Å². The molecule has 0 aliphatic carbocycles. The molecule has 0 bridgehead atoms. The van der Waals surface area contributed by atoms with Crippen LogP contribution < -0.4 is 20.5 Å². The van der Waals surface area contributed by atoms with Gasteiger partial charge in [-0.1, -0.05) is 6.07 Å². The van der Waals surface area contributed by atoms with Crippen molar-refractivity contribution in [1.29, 1.82) is 0 Å². The average Bonchev–Trinajstić information content (AvgIpc) is 3.00. The summed E-state index contributed by atoms with van der Waals surface area (Å²) in [6.07, 6.45) is 1.58. The van der Waals surface area contributed by atoms with E-state index in [2.05, 4.69) is 10.4 Å². The Labute approximate surface area is 144 Å². The van der Waals surface area contributed by atoms with Crippen LogP contribution in [0.5, 0.6) is 11.5 Å². The zero-order chi connectivity index (χ0) is 18.0. The molecular weight excluding hydrogens is 324 g/mol. The molecule has 3 rings (SSSR count). The van der Waals surface area contributed by atoms with E-state index in [1.54, 1.807) is 18.3 Å². The molecule has 8 nitrogen and oxygen atoms in total. The van der Waals surface area contributed by atoms with Crippen molar-refractivity contribution in [2.45, 2.75) is 25.8 Å². The largest absolute Gasteiger partial charge is 0.486 e. The zero-order valence-corrected chi connectivity index (χ0v) is 14.1. The number of carbonyl (C=O) groups excluding carboxylic acids is 2. The molecule has 25 heavy (non-hydrogen) atoms. The number of fused-ring (bicyclic) bond motifs is 1. The van der Waals surface area contributed by atoms with E-state index in [4.69, 9.17) is 15.2 Å². The lowest BCUT2D eigenvalue weighted by molar-refractivity contribution is -0.120. The van der Waals surface area contributed by atoms with E-state index in [9.17, 15) is 9.59 Å². The second kappa shape index (κ2) is 6.46. The molecule has 132 valence electrons. The molecule has 1 aromatic heterocycles. The summed E-state index contributed by atoms with van der Waals surface area (Å²) in [5, 5.41) is 6.87. The van der Waals surface area contributed by atoms with Crippen LogP contribution in [-0.2, 0) is 21.5 Å². The molecule has 2 amide bonds. The van der Waals surface area contributed by atoms with E-state index < -0.39 is 11.3 Å². The van der Waals surface area contributed by atoms with Gasteiger partial charge in [0.2, 0.25) is 11.8 Å². The standard InChI is InChI=1S/C17H20N4O4/c1-17(2,11-3-4-12-13(9-11)25-8-7-24-12)16(23)19-15-5-6-21(20-15)10-14(18)22/h3-6,9H,7-8,10H2,1-2H3,(H2,18,22)(H,19,20,23). The molecular formula is C17H20N4O4. The predicted molar refractivity (Wildman–Crippen MR) is 90.5 cm³/mol. The van der Waals surface area contributed by atoms with E-state index in [-0.39, 0.29) is 12.5 Å². The fraction of sp³-hybridized carbons (Fsp3) is 0.353. The summed E-state index contributed by atoms with van der Waals surface area (Å²) in [7, 11) is 0. The zero-order valence-electron chi connectivity index (χ0n) is 14.1. The first kappa shape index (κ1) is 16.8. The molecule has 8 heteroatoms. The van der Waals surface area contributed by atoms with Gasteiger partial charge in [-0.3, -0.25) is 14.3 Å². The van der Waals surface area contributed by atoms with Crippen molar-refractivity contribution in [2.24, 2.45) is 5.73 Å². The lowest BCUT2D eigenvalue weighted by Gasteiger charge is -2.26. The molecule has 1 aliphatic rings. The number of benzene rings is 1. The lowest BCUT2D eigenvalue weighted by Crippen LogP contribution is -2.35. The van der Waals surface area contributed by atoms with Crippen LogP contribution in [0, 0.1) is 0 Å². The highest BCUT2D eigenvalue weighted by Gasteiger charge is 2.31. The molecule has 1 aliphatic heterocycles. The number of hydrogen-bond donors (Lipinski definition) is 2. The molecule has 1 aromatic carbocycles. The Morgan fingerprint density at radius 2 is 1.96 bits per heavy atom. The minimum atomic E-state index is -0.816. The van der Waals surface area contributed by atoms with Gasteiger partial charge in [0.1, 0.15) is 19.8 Å². The fourth-order valence-electron chi connectivity index (χ4n) is 2.51.